The van der Waals surface area contributed by atoms with Crippen LogP contribution in [0.1, 0.15) is 37.6 Å². The molecule has 4 rings (SSSR count). The van der Waals surface area contributed by atoms with Crippen LogP contribution in [0.25, 0.3) is 10.2 Å². The van der Waals surface area contributed by atoms with Crippen LogP contribution in [-0.4, -0.2) is 15.5 Å². The van der Waals surface area contributed by atoms with Crippen molar-refractivity contribution < 1.29 is 9.18 Å². The first-order valence-corrected chi connectivity index (χ1v) is 10.6. The minimum Gasteiger partial charge on any atom is -0.322 e. The summed E-state index contributed by atoms with van der Waals surface area (Å²) in [6.45, 7) is 6.57. The Morgan fingerprint density at radius 3 is 2.83 bits per heavy atom. The maximum absolute atomic E-state index is 13.7. The summed E-state index contributed by atoms with van der Waals surface area (Å²) in [7, 11) is 0. The molecule has 2 aromatic heterocycles. The molecule has 1 atom stereocenters. The number of rotatable bonds is 3. The Morgan fingerprint density at radius 1 is 1.34 bits per heavy atom. The Balaban J connectivity index is 1.61. The first-order chi connectivity index (χ1) is 13.7. The standard InChI is InChI=1S/C22H24FN3O2S/c1-22(2,3)13-8-9-14-17(10-13)29-20-19(14)21(28)26(12-24-20)11-18(27)25-16-7-5-4-6-15(16)23/h4-7,12-13H,8-11H2,1-3H3,(H,25,27)/t13-/m0/s1. The van der Waals surface area contributed by atoms with Gasteiger partial charge in [-0.3, -0.25) is 14.2 Å². The lowest BCUT2D eigenvalue weighted by Gasteiger charge is -2.33. The fraction of sp³-hybridized carbons (Fsp3) is 0.409. The lowest BCUT2D eigenvalue weighted by atomic mass is 9.72. The molecule has 0 fully saturated rings. The van der Waals surface area contributed by atoms with Crippen LogP contribution < -0.4 is 10.9 Å². The molecule has 2 heterocycles. The van der Waals surface area contributed by atoms with E-state index in [1.165, 1.54) is 27.9 Å². The van der Waals surface area contributed by atoms with Gasteiger partial charge in [0, 0.05) is 4.88 Å². The van der Waals surface area contributed by atoms with Crippen LogP contribution >= 0.6 is 11.3 Å². The van der Waals surface area contributed by atoms with E-state index in [1.54, 1.807) is 23.5 Å². The molecule has 0 radical (unpaired) electrons. The highest BCUT2D eigenvalue weighted by Gasteiger charge is 2.31. The summed E-state index contributed by atoms with van der Waals surface area (Å²) >= 11 is 1.59. The normalized spacial score (nSPS) is 16.6. The molecule has 0 saturated heterocycles. The highest BCUT2D eigenvalue weighted by molar-refractivity contribution is 7.18. The van der Waals surface area contributed by atoms with Gasteiger partial charge in [-0.1, -0.05) is 32.9 Å². The van der Waals surface area contributed by atoms with Crippen molar-refractivity contribution >= 4 is 33.1 Å². The molecule has 1 N–H and O–H groups in total. The zero-order chi connectivity index (χ0) is 20.8. The van der Waals surface area contributed by atoms with Crippen molar-refractivity contribution in [2.24, 2.45) is 11.3 Å². The maximum Gasteiger partial charge on any atom is 0.262 e. The van der Waals surface area contributed by atoms with Crippen LogP contribution in [0.15, 0.2) is 35.4 Å². The number of hydrogen-bond donors (Lipinski definition) is 1. The molecule has 1 aromatic carbocycles. The third kappa shape index (κ3) is 3.83. The zero-order valence-corrected chi connectivity index (χ0v) is 17.6. The number of nitrogens with one attached hydrogen (secondary N) is 1. The molecule has 7 heteroatoms. The largest absolute Gasteiger partial charge is 0.322 e. The monoisotopic (exact) mass is 413 g/mol. The summed E-state index contributed by atoms with van der Waals surface area (Å²) in [4.78, 5) is 31.8. The quantitative estimate of drug-likeness (QED) is 0.693. The van der Waals surface area contributed by atoms with Crippen molar-refractivity contribution in [3.8, 4) is 0 Å². The average molecular weight is 414 g/mol. The number of para-hydroxylation sites is 1. The van der Waals surface area contributed by atoms with Crippen molar-refractivity contribution in [3.05, 3.63) is 57.2 Å². The SMILES string of the molecule is CC(C)(C)[C@H]1CCc2c(sc3ncn(CC(=O)Nc4ccccc4F)c(=O)c23)C1. The fourth-order valence-electron chi connectivity index (χ4n) is 3.96. The summed E-state index contributed by atoms with van der Waals surface area (Å²) < 4.78 is 15.1. The summed E-state index contributed by atoms with van der Waals surface area (Å²) in [6.07, 6.45) is 4.28. The molecule has 0 unspecified atom stereocenters. The van der Waals surface area contributed by atoms with Gasteiger partial charge in [0.15, 0.2) is 0 Å². The number of anilines is 1. The van der Waals surface area contributed by atoms with Gasteiger partial charge < -0.3 is 5.32 Å². The van der Waals surface area contributed by atoms with Crippen LogP contribution in [0.4, 0.5) is 10.1 Å². The Labute approximate surface area is 172 Å². The molecule has 0 saturated carbocycles. The number of halogens is 1. The molecule has 0 spiro atoms. The molecule has 1 aliphatic rings. The number of thiophene rings is 1. The van der Waals surface area contributed by atoms with E-state index in [-0.39, 0.29) is 23.2 Å². The fourth-order valence-corrected chi connectivity index (χ4v) is 5.22. The summed E-state index contributed by atoms with van der Waals surface area (Å²) in [5.41, 5.74) is 1.21. The smallest absolute Gasteiger partial charge is 0.262 e. The average Bonchev–Trinajstić information content (AvgIpc) is 3.03. The second-order valence-electron chi connectivity index (χ2n) is 8.70. The Kier molecular flexibility index (Phi) is 5.02. The molecular weight excluding hydrogens is 389 g/mol. The number of carbonyl (C=O) groups is 1. The van der Waals surface area contributed by atoms with E-state index < -0.39 is 11.7 Å². The highest BCUT2D eigenvalue weighted by Crippen LogP contribution is 2.41. The minimum atomic E-state index is -0.512. The van der Waals surface area contributed by atoms with Gasteiger partial charge in [0.25, 0.3) is 5.56 Å². The van der Waals surface area contributed by atoms with Crippen molar-refractivity contribution in [1.29, 1.82) is 0 Å². The lowest BCUT2D eigenvalue weighted by Crippen LogP contribution is -2.29. The van der Waals surface area contributed by atoms with Gasteiger partial charge in [-0.25, -0.2) is 9.37 Å². The molecule has 3 aromatic rings. The number of fused-ring (bicyclic) bond motifs is 3. The third-order valence-corrected chi connectivity index (χ3v) is 6.88. The first kappa shape index (κ1) is 19.8. The van der Waals surface area contributed by atoms with Gasteiger partial charge in [0.1, 0.15) is 17.2 Å². The van der Waals surface area contributed by atoms with Crippen LogP contribution in [0.2, 0.25) is 0 Å². The summed E-state index contributed by atoms with van der Waals surface area (Å²) in [6, 6.07) is 5.95. The number of benzene rings is 1. The number of amides is 1. The molecule has 152 valence electrons. The summed E-state index contributed by atoms with van der Waals surface area (Å²) in [5, 5.41) is 3.15. The van der Waals surface area contributed by atoms with E-state index in [1.807, 2.05) is 0 Å². The maximum atomic E-state index is 13.7. The topological polar surface area (TPSA) is 64.0 Å². The molecule has 29 heavy (non-hydrogen) atoms. The van der Waals surface area contributed by atoms with Crippen LogP contribution in [0, 0.1) is 17.2 Å². The molecule has 1 aliphatic carbocycles. The molecular formula is C22H24FN3O2S. The first-order valence-electron chi connectivity index (χ1n) is 9.78. The molecule has 0 aliphatic heterocycles. The second-order valence-corrected chi connectivity index (χ2v) is 9.78. The van der Waals surface area contributed by atoms with Gasteiger partial charge in [0.2, 0.25) is 5.91 Å². The number of carbonyl (C=O) groups excluding carboxylic acids is 1. The Morgan fingerprint density at radius 2 is 2.10 bits per heavy atom. The van der Waals surface area contributed by atoms with Crippen LogP contribution in [0.5, 0.6) is 0 Å². The van der Waals surface area contributed by atoms with E-state index in [0.29, 0.717) is 11.3 Å². The minimum absolute atomic E-state index is 0.0979. The Hall–Kier alpha value is -2.54. The van der Waals surface area contributed by atoms with Gasteiger partial charge >= 0.3 is 0 Å². The van der Waals surface area contributed by atoms with Crippen molar-refractivity contribution in [2.45, 2.75) is 46.6 Å². The summed E-state index contributed by atoms with van der Waals surface area (Å²) in [5.74, 6) is -0.394. The van der Waals surface area contributed by atoms with E-state index in [9.17, 15) is 14.0 Å². The molecule has 5 nitrogen and oxygen atoms in total. The van der Waals surface area contributed by atoms with E-state index in [4.69, 9.17) is 0 Å². The van der Waals surface area contributed by atoms with Gasteiger partial charge in [0.05, 0.1) is 17.4 Å². The van der Waals surface area contributed by atoms with E-state index >= 15 is 0 Å². The van der Waals surface area contributed by atoms with Crippen LogP contribution in [-0.2, 0) is 24.2 Å². The van der Waals surface area contributed by atoms with E-state index in [0.717, 1.165) is 29.7 Å². The highest BCUT2D eigenvalue weighted by atomic mass is 32.1. The van der Waals surface area contributed by atoms with Gasteiger partial charge in [-0.15, -0.1) is 11.3 Å². The number of aryl methyl sites for hydroxylation is 1. The van der Waals surface area contributed by atoms with Crippen molar-refractivity contribution in [3.63, 3.8) is 0 Å². The van der Waals surface area contributed by atoms with Gasteiger partial charge in [-0.05, 0) is 48.3 Å². The lowest BCUT2D eigenvalue weighted by molar-refractivity contribution is -0.116. The predicted molar refractivity (Wildman–Crippen MR) is 114 cm³/mol. The zero-order valence-electron chi connectivity index (χ0n) is 16.8. The molecule has 0 bridgehead atoms. The van der Waals surface area contributed by atoms with Crippen LogP contribution in [0.3, 0.4) is 0 Å². The van der Waals surface area contributed by atoms with Crippen molar-refractivity contribution in [1.82, 2.24) is 9.55 Å². The number of hydrogen-bond acceptors (Lipinski definition) is 4. The number of nitrogens with zero attached hydrogens (tertiary/aromatic N) is 2. The second kappa shape index (κ2) is 7.37. The number of aromatic nitrogens is 2. The third-order valence-electron chi connectivity index (χ3n) is 5.72. The van der Waals surface area contributed by atoms with E-state index in [2.05, 4.69) is 31.1 Å². The van der Waals surface area contributed by atoms with Gasteiger partial charge in [-0.2, -0.15) is 0 Å². The molecule has 1 amide bonds. The Bertz CT molecular complexity index is 1140. The predicted octanol–water partition coefficient (Wildman–Crippen LogP) is 4.39. The van der Waals surface area contributed by atoms with Crippen molar-refractivity contribution in [2.75, 3.05) is 5.32 Å².